The minimum absolute atomic E-state index is 0.0401. The summed E-state index contributed by atoms with van der Waals surface area (Å²) < 4.78 is 31.9. The van der Waals surface area contributed by atoms with Gasteiger partial charge in [0.25, 0.3) is 0 Å². The molecule has 0 heterocycles. The number of nitrogens with zero attached hydrogens (tertiary/aromatic N) is 2. The monoisotopic (exact) mass is 613 g/mol. The first-order valence-electron chi connectivity index (χ1n) is 14.0. The molecule has 0 bridgehead atoms. The Bertz CT molecular complexity index is 1430. The molecule has 3 aromatic carbocycles. The van der Waals surface area contributed by atoms with E-state index < -0.39 is 16.1 Å². The molecule has 2 atom stereocenters. The molecule has 10 heteroatoms. The number of sulfonamides is 1. The molecule has 2 amide bonds. The first-order chi connectivity index (χ1) is 20.0. The van der Waals surface area contributed by atoms with E-state index in [0.29, 0.717) is 22.9 Å². The van der Waals surface area contributed by atoms with Gasteiger partial charge in [-0.2, -0.15) is 0 Å². The third kappa shape index (κ3) is 9.77. The topological polar surface area (TPSA) is 96.0 Å². The highest BCUT2D eigenvalue weighted by Gasteiger charge is 2.31. The van der Waals surface area contributed by atoms with Crippen molar-refractivity contribution < 1.29 is 22.7 Å². The number of hydrogen-bond acceptors (Lipinski definition) is 5. The fourth-order valence-electron chi connectivity index (χ4n) is 4.60. The Morgan fingerprint density at radius 3 is 2.31 bits per heavy atom. The van der Waals surface area contributed by atoms with E-state index in [1.54, 1.807) is 41.3 Å². The van der Waals surface area contributed by atoms with Gasteiger partial charge in [-0.3, -0.25) is 13.9 Å². The maximum atomic E-state index is 13.9. The number of anilines is 1. The lowest BCUT2D eigenvalue weighted by Crippen LogP contribution is -2.52. The number of nitrogens with one attached hydrogen (secondary N) is 1. The molecule has 0 fully saturated rings. The number of carbonyl (C=O) groups excluding carboxylic acids is 2. The van der Waals surface area contributed by atoms with Crippen LogP contribution in [-0.2, 0) is 32.6 Å². The summed E-state index contributed by atoms with van der Waals surface area (Å²) in [5, 5.41) is 3.58. The van der Waals surface area contributed by atoms with E-state index in [0.717, 1.165) is 23.8 Å². The summed E-state index contributed by atoms with van der Waals surface area (Å²) in [4.78, 5) is 29.2. The molecule has 0 spiro atoms. The van der Waals surface area contributed by atoms with Crippen LogP contribution in [0.4, 0.5) is 5.69 Å². The zero-order valence-corrected chi connectivity index (χ0v) is 26.2. The van der Waals surface area contributed by atoms with Crippen molar-refractivity contribution in [3.05, 3.63) is 95.0 Å². The molecule has 3 rings (SSSR count). The maximum absolute atomic E-state index is 13.9. The summed E-state index contributed by atoms with van der Waals surface area (Å²) in [6.07, 6.45) is 2.50. The zero-order chi connectivity index (χ0) is 30.7. The van der Waals surface area contributed by atoms with Crippen LogP contribution in [0.1, 0.15) is 44.2 Å². The number of hydrogen-bond donors (Lipinski definition) is 1. The van der Waals surface area contributed by atoms with Gasteiger partial charge in [0.2, 0.25) is 21.8 Å². The second-order valence-electron chi connectivity index (χ2n) is 10.3. The largest absolute Gasteiger partial charge is 0.497 e. The van der Waals surface area contributed by atoms with Gasteiger partial charge in [0, 0.05) is 43.1 Å². The number of carbonyl (C=O) groups is 2. The van der Waals surface area contributed by atoms with Gasteiger partial charge in [0.05, 0.1) is 19.1 Å². The second-order valence-corrected chi connectivity index (χ2v) is 12.7. The molecular formula is C32H40ClN3O5S. The fraction of sp³-hybridized carbons (Fsp3) is 0.375. The highest BCUT2D eigenvalue weighted by atomic mass is 35.5. The summed E-state index contributed by atoms with van der Waals surface area (Å²) in [5.74, 6) is 0.0352. The third-order valence-corrected chi connectivity index (χ3v) is 8.44. The van der Waals surface area contributed by atoms with E-state index in [-0.39, 0.29) is 43.8 Å². The first kappa shape index (κ1) is 32.9. The molecule has 0 aliphatic carbocycles. The lowest BCUT2D eigenvalue weighted by Gasteiger charge is -2.32. The standard InChI is InChI=1S/C32H40ClN3O5S/c1-5-24(2)34-32(38)30(21-25-12-7-6-8-13-25)35(23-26-14-9-15-27(33)20-26)31(37)18-11-19-36(42(4,39)40)28-16-10-17-29(22-28)41-3/h6-10,12-17,20,22,24,30H,5,11,18-19,21,23H2,1-4H3,(H,34,38)/t24-,30-/m1/s1. The van der Waals surface area contributed by atoms with E-state index in [4.69, 9.17) is 16.3 Å². The van der Waals surface area contributed by atoms with Crippen molar-refractivity contribution in [3.8, 4) is 5.75 Å². The number of halogens is 1. The molecule has 0 saturated carbocycles. The summed E-state index contributed by atoms with van der Waals surface area (Å²) in [6.45, 7) is 4.18. The molecule has 0 radical (unpaired) electrons. The van der Waals surface area contributed by atoms with Crippen molar-refractivity contribution in [1.82, 2.24) is 10.2 Å². The van der Waals surface area contributed by atoms with Crippen LogP contribution in [0, 0.1) is 0 Å². The van der Waals surface area contributed by atoms with Gasteiger partial charge >= 0.3 is 0 Å². The molecule has 226 valence electrons. The Kier molecular flexibility index (Phi) is 12.2. The number of methoxy groups -OCH3 is 1. The maximum Gasteiger partial charge on any atom is 0.243 e. The Hall–Kier alpha value is -3.56. The van der Waals surface area contributed by atoms with Gasteiger partial charge in [0.1, 0.15) is 11.8 Å². The van der Waals surface area contributed by atoms with Crippen molar-refractivity contribution in [2.75, 3.05) is 24.2 Å². The van der Waals surface area contributed by atoms with Gasteiger partial charge in [-0.15, -0.1) is 0 Å². The molecule has 0 unspecified atom stereocenters. The van der Waals surface area contributed by atoms with Crippen molar-refractivity contribution in [2.24, 2.45) is 0 Å². The highest BCUT2D eigenvalue weighted by molar-refractivity contribution is 7.92. The molecule has 0 aliphatic rings. The lowest BCUT2D eigenvalue weighted by molar-refractivity contribution is -0.141. The van der Waals surface area contributed by atoms with E-state index in [9.17, 15) is 18.0 Å². The normalized spacial score (nSPS) is 12.7. The lowest BCUT2D eigenvalue weighted by atomic mass is 10.0. The van der Waals surface area contributed by atoms with Gasteiger partial charge < -0.3 is 15.0 Å². The third-order valence-electron chi connectivity index (χ3n) is 7.01. The molecule has 8 nitrogen and oxygen atoms in total. The van der Waals surface area contributed by atoms with Gasteiger partial charge in [-0.25, -0.2) is 8.42 Å². The summed E-state index contributed by atoms with van der Waals surface area (Å²) in [6, 6.07) is 22.7. The summed E-state index contributed by atoms with van der Waals surface area (Å²) >= 11 is 6.25. The zero-order valence-electron chi connectivity index (χ0n) is 24.6. The predicted molar refractivity (Wildman–Crippen MR) is 168 cm³/mol. The van der Waals surface area contributed by atoms with Gasteiger partial charge in [0.15, 0.2) is 0 Å². The average Bonchev–Trinajstić information content (AvgIpc) is 2.96. The van der Waals surface area contributed by atoms with Crippen LogP contribution in [0.3, 0.4) is 0 Å². The van der Waals surface area contributed by atoms with E-state index in [2.05, 4.69) is 5.32 Å². The average molecular weight is 614 g/mol. The number of amides is 2. The van der Waals surface area contributed by atoms with Crippen LogP contribution in [0.25, 0.3) is 0 Å². The van der Waals surface area contributed by atoms with Crippen molar-refractivity contribution >= 4 is 39.1 Å². The second kappa shape index (κ2) is 15.6. The van der Waals surface area contributed by atoms with Crippen molar-refractivity contribution in [3.63, 3.8) is 0 Å². The molecule has 3 aromatic rings. The molecule has 1 N–H and O–H groups in total. The van der Waals surface area contributed by atoms with E-state index in [1.165, 1.54) is 11.4 Å². The van der Waals surface area contributed by atoms with Gasteiger partial charge in [-0.1, -0.05) is 67.1 Å². The quantitative estimate of drug-likeness (QED) is 0.246. The molecular weight excluding hydrogens is 574 g/mol. The summed E-state index contributed by atoms with van der Waals surface area (Å²) in [5.41, 5.74) is 2.17. The van der Waals surface area contributed by atoms with Crippen LogP contribution < -0.4 is 14.4 Å². The number of rotatable bonds is 15. The smallest absolute Gasteiger partial charge is 0.243 e. The van der Waals surface area contributed by atoms with Crippen LogP contribution in [0.15, 0.2) is 78.9 Å². The van der Waals surface area contributed by atoms with Crippen LogP contribution in [0.5, 0.6) is 5.75 Å². The van der Waals surface area contributed by atoms with Gasteiger partial charge in [-0.05, 0) is 55.2 Å². The first-order valence-corrected chi connectivity index (χ1v) is 16.2. The SMILES string of the molecule is CC[C@@H](C)NC(=O)[C@@H](Cc1ccccc1)N(Cc1cccc(Cl)c1)C(=O)CCCN(c1cccc(OC)c1)S(C)(=O)=O. The van der Waals surface area contributed by atoms with E-state index in [1.807, 2.05) is 56.3 Å². The Balaban J connectivity index is 1.89. The van der Waals surface area contributed by atoms with Crippen LogP contribution in [-0.4, -0.2) is 57.1 Å². The summed E-state index contributed by atoms with van der Waals surface area (Å²) in [7, 11) is -2.11. The molecule has 0 aromatic heterocycles. The van der Waals surface area contributed by atoms with Crippen LogP contribution in [0.2, 0.25) is 5.02 Å². The highest BCUT2D eigenvalue weighted by Crippen LogP contribution is 2.24. The van der Waals surface area contributed by atoms with E-state index >= 15 is 0 Å². The molecule has 42 heavy (non-hydrogen) atoms. The minimum atomic E-state index is -3.63. The van der Waals surface area contributed by atoms with Crippen molar-refractivity contribution in [1.29, 1.82) is 0 Å². The number of ether oxygens (including phenoxy) is 1. The van der Waals surface area contributed by atoms with Crippen LogP contribution >= 0.6 is 11.6 Å². The predicted octanol–water partition coefficient (Wildman–Crippen LogP) is 5.45. The Morgan fingerprint density at radius 2 is 1.67 bits per heavy atom. The number of benzene rings is 3. The Labute approximate surface area is 254 Å². The minimum Gasteiger partial charge on any atom is -0.497 e. The van der Waals surface area contributed by atoms with Crippen molar-refractivity contribution in [2.45, 2.75) is 58.2 Å². The fourth-order valence-corrected chi connectivity index (χ4v) is 5.77. The molecule has 0 aliphatic heterocycles. The Morgan fingerprint density at radius 1 is 0.976 bits per heavy atom. The molecule has 0 saturated heterocycles.